The van der Waals surface area contributed by atoms with Crippen LogP contribution in [0, 0.1) is 0 Å². The zero-order valence-electron chi connectivity index (χ0n) is 17.9. The van der Waals surface area contributed by atoms with Crippen molar-refractivity contribution in [2.75, 3.05) is 4.90 Å². The van der Waals surface area contributed by atoms with Gasteiger partial charge in [0.25, 0.3) is 0 Å². The molecule has 0 amide bonds. The number of benzene rings is 5. The molecule has 0 N–H and O–H groups in total. The van der Waals surface area contributed by atoms with Crippen LogP contribution in [0.4, 0.5) is 17.1 Å². The smallest absolute Gasteiger partial charge is 0.142 e. The zero-order chi connectivity index (χ0) is 22.0. The fraction of sp³-hybridized carbons (Fsp3) is 0. The van der Waals surface area contributed by atoms with Crippen LogP contribution in [0.1, 0.15) is 0 Å². The van der Waals surface area contributed by atoms with Crippen LogP contribution in [-0.2, 0) is 0 Å². The first-order chi connectivity index (χ1) is 16.3. The predicted molar refractivity (Wildman–Crippen MR) is 137 cm³/mol. The van der Waals surface area contributed by atoms with Crippen LogP contribution in [0.5, 0.6) is 11.5 Å². The zero-order valence-corrected chi connectivity index (χ0v) is 18.7. The van der Waals surface area contributed by atoms with E-state index < -0.39 is 0 Å². The Morgan fingerprint density at radius 3 is 1.70 bits per heavy atom. The Morgan fingerprint density at radius 2 is 1.00 bits per heavy atom. The van der Waals surface area contributed by atoms with Crippen molar-refractivity contribution >= 4 is 28.8 Å². The molecule has 158 valence electrons. The fourth-order valence-corrected chi connectivity index (χ4v) is 5.04. The molecule has 1 heterocycles. The minimum absolute atomic E-state index is 0.912. The van der Waals surface area contributed by atoms with Gasteiger partial charge in [0, 0.05) is 17.1 Å². The number of para-hydroxylation sites is 3. The summed E-state index contributed by atoms with van der Waals surface area (Å²) in [6.45, 7) is 0. The van der Waals surface area contributed by atoms with Crippen molar-refractivity contribution in [2.24, 2.45) is 0 Å². The van der Waals surface area contributed by atoms with Crippen molar-refractivity contribution in [3.63, 3.8) is 0 Å². The van der Waals surface area contributed by atoms with E-state index in [0.29, 0.717) is 0 Å². The lowest BCUT2D eigenvalue weighted by Crippen LogP contribution is -2.09. The van der Waals surface area contributed by atoms with Crippen LogP contribution in [0.3, 0.4) is 0 Å². The Hall–Kier alpha value is -3.95. The monoisotopic (exact) mass is 443 g/mol. The van der Waals surface area contributed by atoms with Gasteiger partial charge in [0.15, 0.2) is 0 Å². The molecule has 0 saturated carbocycles. The highest BCUT2D eigenvalue weighted by molar-refractivity contribution is 7.99. The van der Waals surface area contributed by atoms with Crippen LogP contribution in [0.25, 0.3) is 11.1 Å². The number of hydrogen-bond donors (Lipinski definition) is 0. The second-order valence-electron chi connectivity index (χ2n) is 7.87. The molecular weight excluding hydrogens is 422 g/mol. The maximum Gasteiger partial charge on any atom is 0.142 e. The molecule has 0 unspecified atom stereocenters. The second-order valence-corrected chi connectivity index (χ2v) is 8.95. The predicted octanol–water partition coefficient (Wildman–Crippen LogP) is 9.08. The molecule has 0 saturated heterocycles. The Kier molecular flexibility index (Phi) is 5.10. The number of hydrogen-bond acceptors (Lipinski definition) is 3. The number of rotatable bonds is 4. The van der Waals surface area contributed by atoms with Crippen molar-refractivity contribution in [3.8, 4) is 22.6 Å². The highest BCUT2D eigenvalue weighted by atomic mass is 32.2. The summed E-state index contributed by atoms with van der Waals surface area (Å²) >= 11 is 1.76. The summed E-state index contributed by atoms with van der Waals surface area (Å²) < 4.78 is 6.19. The molecule has 5 aromatic rings. The van der Waals surface area contributed by atoms with Crippen molar-refractivity contribution in [1.29, 1.82) is 0 Å². The molecule has 5 aromatic carbocycles. The SMILES string of the molecule is c1ccc(N(c2ccccc2)c2ccc(-c3ccc4c(c3)Oc3ccccc3S4)cc2)cc1. The van der Waals surface area contributed by atoms with E-state index in [9.17, 15) is 0 Å². The Labute approximate surface area is 198 Å². The first-order valence-corrected chi connectivity index (χ1v) is 11.8. The van der Waals surface area contributed by atoms with Gasteiger partial charge in [-0.15, -0.1) is 0 Å². The van der Waals surface area contributed by atoms with Crippen molar-refractivity contribution in [2.45, 2.75) is 9.79 Å². The Morgan fingerprint density at radius 1 is 0.455 bits per heavy atom. The molecule has 6 rings (SSSR count). The molecule has 1 aliphatic heterocycles. The molecule has 2 nitrogen and oxygen atoms in total. The van der Waals surface area contributed by atoms with Crippen LogP contribution in [0.2, 0.25) is 0 Å². The molecule has 0 aliphatic carbocycles. The van der Waals surface area contributed by atoms with Gasteiger partial charge < -0.3 is 9.64 Å². The molecule has 1 aliphatic rings. The van der Waals surface area contributed by atoms with E-state index in [1.165, 1.54) is 0 Å². The summed E-state index contributed by atoms with van der Waals surface area (Å²) in [4.78, 5) is 4.57. The number of nitrogens with zero attached hydrogens (tertiary/aromatic N) is 1. The van der Waals surface area contributed by atoms with Crippen molar-refractivity contribution in [1.82, 2.24) is 0 Å². The summed E-state index contributed by atoms with van der Waals surface area (Å²) in [5, 5.41) is 0. The van der Waals surface area contributed by atoms with Gasteiger partial charge in [-0.2, -0.15) is 0 Å². The topological polar surface area (TPSA) is 12.5 Å². The number of ether oxygens (including phenoxy) is 1. The summed E-state index contributed by atoms with van der Waals surface area (Å²) in [6.07, 6.45) is 0. The highest BCUT2D eigenvalue weighted by Crippen LogP contribution is 2.48. The Bertz CT molecular complexity index is 1360. The third-order valence-electron chi connectivity index (χ3n) is 5.72. The molecule has 0 fully saturated rings. The van der Waals surface area contributed by atoms with E-state index >= 15 is 0 Å². The average Bonchev–Trinajstić information content (AvgIpc) is 2.89. The van der Waals surface area contributed by atoms with E-state index in [1.54, 1.807) is 11.8 Å². The Balaban J connectivity index is 1.33. The minimum atomic E-state index is 0.912. The maximum atomic E-state index is 6.19. The van der Waals surface area contributed by atoms with Gasteiger partial charge in [0.1, 0.15) is 11.5 Å². The molecule has 0 bridgehead atoms. The molecular formula is C30H21NOS. The minimum Gasteiger partial charge on any atom is -0.455 e. The third-order valence-corrected chi connectivity index (χ3v) is 6.83. The lowest BCUT2D eigenvalue weighted by Gasteiger charge is -2.25. The lowest BCUT2D eigenvalue weighted by atomic mass is 10.0. The first-order valence-electron chi connectivity index (χ1n) is 10.9. The molecule has 33 heavy (non-hydrogen) atoms. The summed E-state index contributed by atoms with van der Waals surface area (Å²) in [6, 6.07) is 44.3. The largest absolute Gasteiger partial charge is 0.455 e. The molecule has 0 atom stereocenters. The van der Waals surface area contributed by atoms with Crippen molar-refractivity contribution in [3.05, 3.63) is 127 Å². The standard InChI is InChI=1S/C30H21NOS/c1-3-9-24(10-4-1)31(25-11-5-2-6-12-25)26-18-15-22(16-19-26)23-17-20-30-28(21-23)32-27-13-7-8-14-29(27)33-30/h1-21H. The lowest BCUT2D eigenvalue weighted by molar-refractivity contribution is 0.455. The van der Waals surface area contributed by atoms with Crippen LogP contribution < -0.4 is 9.64 Å². The van der Waals surface area contributed by atoms with E-state index in [-0.39, 0.29) is 0 Å². The molecule has 0 radical (unpaired) electrons. The van der Waals surface area contributed by atoms with Gasteiger partial charge in [-0.25, -0.2) is 0 Å². The quantitative estimate of drug-likeness (QED) is 0.270. The molecule has 0 spiro atoms. The second kappa shape index (κ2) is 8.53. The van der Waals surface area contributed by atoms with Crippen LogP contribution in [-0.4, -0.2) is 0 Å². The van der Waals surface area contributed by atoms with Gasteiger partial charge in [-0.05, 0) is 71.8 Å². The van der Waals surface area contributed by atoms with E-state index in [2.05, 4.69) is 102 Å². The third kappa shape index (κ3) is 3.88. The van der Waals surface area contributed by atoms with E-state index in [4.69, 9.17) is 4.74 Å². The van der Waals surface area contributed by atoms with Gasteiger partial charge in [0.2, 0.25) is 0 Å². The summed E-state index contributed by atoms with van der Waals surface area (Å²) in [5.41, 5.74) is 5.69. The van der Waals surface area contributed by atoms with Gasteiger partial charge in [-0.3, -0.25) is 0 Å². The van der Waals surface area contributed by atoms with Gasteiger partial charge in [0.05, 0.1) is 9.79 Å². The van der Waals surface area contributed by atoms with Crippen LogP contribution >= 0.6 is 11.8 Å². The highest BCUT2D eigenvalue weighted by Gasteiger charge is 2.18. The first kappa shape index (κ1) is 19.7. The van der Waals surface area contributed by atoms with Crippen molar-refractivity contribution < 1.29 is 4.74 Å². The van der Waals surface area contributed by atoms with Gasteiger partial charge >= 0.3 is 0 Å². The summed E-state index contributed by atoms with van der Waals surface area (Å²) in [7, 11) is 0. The molecule has 3 heteroatoms. The number of anilines is 3. The molecule has 0 aromatic heterocycles. The fourth-order valence-electron chi connectivity index (χ4n) is 4.11. The van der Waals surface area contributed by atoms with Gasteiger partial charge in [-0.1, -0.05) is 78.5 Å². The van der Waals surface area contributed by atoms with E-state index in [0.717, 1.165) is 49.5 Å². The normalized spacial score (nSPS) is 11.8. The van der Waals surface area contributed by atoms with Crippen LogP contribution in [0.15, 0.2) is 137 Å². The maximum absolute atomic E-state index is 6.19. The number of fused-ring (bicyclic) bond motifs is 2. The van der Waals surface area contributed by atoms with E-state index in [1.807, 2.05) is 30.3 Å². The average molecular weight is 444 g/mol. The summed E-state index contributed by atoms with van der Waals surface area (Å²) in [5.74, 6) is 1.83.